The number of fused-ring (bicyclic) bond motifs is 2. The van der Waals surface area contributed by atoms with Crippen LogP contribution in [0.4, 0.5) is 0 Å². The van der Waals surface area contributed by atoms with Crippen LogP contribution in [-0.4, -0.2) is 37.8 Å². The molecule has 36 heavy (non-hydrogen) atoms. The number of aromatic amines is 1. The lowest BCUT2D eigenvalue weighted by atomic mass is 9.74. The molecule has 2 fully saturated rings. The van der Waals surface area contributed by atoms with Gasteiger partial charge in [-0.15, -0.1) is 0 Å². The summed E-state index contributed by atoms with van der Waals surface area (Å²) in [6.07, 6.45) is 11.6. The van der Waals surface area contributed by atoms with E-state index in [0.717, 1.165) is 35.8 Å². The van der Waals surface area contributed by atoms with Crippen molar-refractivity contribution in [1.29, 1.82) is 0 Å². The summed E-state index contributed by atoms with van der Waals surface area (Å²) in [6, 6.07) is 4.52. The van der Waals surface area contributed by atoms with E-state index in [0.29, 0.717) is 17.3 Å². The first-order valence-corrected chi connectivity index (χ1v) is 13.7. The van der Waals surface area contributed by atoms with Crippen LogP contribution in [0.15, 0.2) is 24.7 Å². The monoisotopic (exact) mass is 485 g/mol. The fraction of sp³-hybridized carbons (Fsp3) is 0.567. The maximum absolute atomic E-state index is 5.45. The Morgan fingerprint density at radius 3 is 2.58 bits per heavy atom. The summed E-state index contributed by atoms with van der Waals surface area (Å²) < 4.78 is 7.35. The topological polar surface area (TPSA) is 68.1 Å². The van der Waals surface area contributed by atoms with Crippen molar-refractivity contribution < 1.29 is 4.74 Å². The molecule has 1 aliphatic carbocycles. The molecule has 1 saturated heterocycles. The van der Waals surface area contributed by atoms with Crippen molar-refractivity contribution in [3.05, 3.63) is 47.0 Å². The molecule has 0 atom stereocenters. The van der Waals surface area contributed by atoms with Crippen molar-refractivity contribution in [2.24, 2.45) is 11.3 Å². The summed E-state index contributed by atoms with van der Waals surface area (Å²) in [5.41, 5.74) is 11.0. The van der Waals surface area contributed by atoms with E-state index in [1.54, 1.807) is 6.33 Å². The number of pyridine rings is 2. The molecule has 1 aliphatic heterocycles. The second kappa shape index (κ2) is 8.98. The number of nitrogens with one attached hydrogen (secondary N) is 1. The van der Waals surface area contributed by atoms with Gasteiger partial charge in [-0.1, -0.05) is 20.8 Å². The molecule has 4 aromatic rings. The molecule has 2 aliphatic rings. The second-order valence-electron chi connectivity index (χ2n) is 12.1. The molecule has 6 heteroatoms. The molecule has 190 valence electrons. The highest BCUT2D eigenvalue weighted by atomic mass is 16.5. The third kappa shape index (κ3) is 4.03. The van der Waals surface area contributed by atoms with E-state index >= 15 is 0 Å². The summed E-state index contributed by atoms with van der Waals surface area (Å²) in [6.45, 7) is 13.2. The van der Waals surface area contributed by atoms with Gasteiger partial charge in [-0.05, 0) is 87.5 Å². The SMILES string of the molecule is Cc1c(-c2[nH]c3ccc(C4CCC(CCC5(C)COC5)CC4)nc3c2C(C)C)cn2ncnc2c1C. The van der Waals surface area contributed by atoms with Crippen LogP contribution in [0.3, 0.4) is 0 Å². The van der Waals surface area contributed by atoms with Crippen LogP contribution in [0.5, 0.6) is 0 Å². The van der Waals surface area contributed by atoms with Crippen molar-refractivity contribution in [1.82, 2.24) is 24.6 Å². The maximum atomic E-state index is 5.45. The van der Waals surface area contributed by atoms with E-state index in [1.165, 1.54) is 72.2 Å². The quantitative estimate of drug-likeness (QED) is 0.316. The summed E-state index contributed by atoms with van der Waals surface area (Å²) in [7, 11) is 0. The highest BCUT2D eigenvalue weighted by molar-refractivity contribution is 5.89. The van der Waals surface area contributed by atoms with E-state index in [2.05, 4.69) is 68.0 Å². The molecular weight excluding hydrogens is 446 g/mol. The van der Waals surface area contributed by atoms with E-state index in [-0.39, 0.29) is 0 Å². The molecule has 0 radical (unpaired) electrons. The number of aromatic nitrogens is 5. The Balaban J connectivity index is 1.28. The number of nitrogens with zero attached hydrogens (tertiary/aromatic N) is 4. The number of H-pyrrole nitrogens is 1. The van der Waals surface area contributed by atoms with Crippen LogP contribution in [0.2, 0.25) is 0 Å². The summed E-state index contributed by atoms with van der Waals surface area (Å²) in [5.74, 6) is 1.79. The molecular formula is C30H39N5O. The Kier molecular flexibility index (Phi) is 5.90. The molecule has 6 nitrogen and oxygen atoms in total. The Morgan fingerprint density at radius 1 is 1.11 bits per heavy atom. The molecule has 0 aromatic carbocycles. The lowest BCUT2D eigenvalue weighted by Crippen LogP contribution is -2.40. The molecule has 0 unspecified atom stereocenters. The Labute approximate surface area is 213 Å². The molecule has 1 N–H and O–H groups in total. The Morgan fingerprint density at radius 2 is 1.89 bits per heavy atom. The van der Waals surface area contributed by atoms with Crippen LogP contribution in [0.25, 0.3) is 27.9 Å². The lowest BCUT2D eigenvalue weighted by Gasteiger charge is -2.39. The van der Waals surface area contributed by atoms with Gasteiger partial charge in [0.25, 0.3) is 0 Å². The average molecular weight is 486 g/mol. The van der Waals surface area contributed by atoms with Crippen LogP contribution >= 0.6 is 0 Å². The van der Waals surface area contributed by atoms with Crippen molar-refractivity contribution in [2.45, 2.75) is 85.0 Å². The summed E-state index contributed by atoms with van der Waals surface area (Å²) in [5, 5.41) is 4.42. The standard InChI is InChI=1S/C30H39N5O/c1-18(2)26-27(23-14-35-29(31-17-32-35)20(4)19(23)3)34-25-11-10-24(33-28(25)26)22-8-6-21(7-9-22)12-13-30(5)15-36-16-30/h10-11,14,17-18,21-22,34H,6-9,12-13,15-16H2,1-5H3. The highest BCUT2D eigenvalue weighted by Gasteiger charge is 2.34. The molecule has 0 amide bonds. The Bertz CT molecular complexity index is 1400. The predicted octanol–water partition coefficient (Wildman–Crippen LogP) is 7.10. The van der Waals surface area contributed by atoms with Crippen LogP contribution in [-0.2, 0) is 4.74 Å². The van der Waals surface area contributed by atoms with Gasteiger partial charge in [0, 0.05) is 34.4 Å². The normalized spacial score (nSPS) is 21.9. The Hall–Kier alpha value is -2.73. The molecule has 5 heterocycles. The zero-order chi connectivity index (χ0) is 25.0. The number of ether oxygens (including phenoxy) is 1. The molecule has 4 aromatic heterocycles. The third-order valence-electron chi connectivity index (χ3n) is 9.00. The van der Waals surface area contributed by atoms with Crippen LogP contribution < -0.4 is 0 Å². The fourth-order valence-corrected chi connectivity index (χ4v) is 6.45. The van der Waals surface area contributed by atoms with Crippen molar-refractivity contribution in [3.8, 4) is 11.3 Å². The van der Waals surface area contributed by atoms with Gasteiger partial charge in [0.1, 0.15) is 6.33 Å². The fourth-order valence-electron chi connectivity index (χ4n) is 6.45. The molecule has 1 saturated carbocycles. The van der Waals surface area contributed by atoms with Crippen molar-refractivity contribution in [3.63, 3.8) is 0 Å². The zero-order valence-corrected chi connectivity index (χ0v) is 22.4. The van der Waals surface area contributed by atoms with Gasteiger partial charge in [0.2, 0.25) is 0 Å². The van der Waals surface area contributed by atoms with E-state index in [1.807, 2.05) is 4.52 Å². The van der Waals surface area contributed by atoms with Gasteiger partial charge in [-0.3, -0.25) is 4.98 Å². The van der Waals surface area contributed by atoms with Gasteiger partial charge < -0.3 is 9.72 Å². The molecule has 0 bridgehead atoms. The van der Waals surface area contributed by atoms with Gasteiger partial charge in [-0.2, -0.15) is 5.10 Å². The second-order valence-corrected chi connectivity index (χ2v) is 12.1. The number of aryl methyl sites for hydroxylation is 1. The third-order valence-corrected chi connectivity index (χ3v) is 9.00. The number of hydrogen-bond acceptors (Lipinski definition) is 4. The highest BCUT2D eigenvalue weighted by Crippen LogP contribution is 2.42. The molecule has 6 rings (SSSR count). The van der Waals surface area contributed by atoms with E-state index in [4.69, 9.17) is 9.72 Å². The first-order chi connectivity index (χ1) is 17.3. The minimum absolute atomic E-state index is 0.357. The van der Waals surface area contributed by atoms with Crippen LogP contribution in [0, 0.1) is 25.2 Å². The summed E-state index contributed by atoms with van der Waals surface area (Å²) in [4.78, 5) is 13.5. The number of rotatable bonds is 6. The van der Waals surface area contributed by atoms with Gasteiger partial charge >= 0.3 is 0 Å². The van der Waals surface area contributed by atoms with Crippen LogP contribution in [0.1, 0.15) is 93.5 Å². The smallest absolute Gasteiger partial charge is 0.158 e. The zero-order valence-electron chi connectivity index (χ0n) is 22.4. The minimum Gasteiger partial charge on any atom is -0.380 e. The summed E-state index contributed by atoms with van der Waals surface area (Å²) >= 11 is 0. The minimum atomic E-state index is 0.357. The first kappa shape index (κ1) is 23.7. The number of hydrogen-bond donors (Lipinski definition) is 1. The lowest BCUT2D eigenvalue weighted by molar-refractivity contribution is -0.108. The van der Waals surface area contributed by atoms with Crippen molar-refractivity contribution in [2.75, 3.05) is 13.2 Å². The van der Waals surface area contributed by atoms with Gasteiger partial charge in [-0.25, -0.2) is 9.50 Å². The molecule has 0 spiro atoms. The largest absolute Gasteiger partial charge is 0.380 e. The first-order valence-electron chi connectivity index (χ1n) is 13.7. The van der Waals surface area contributed by atoms with E-state index < -0.39 is 0 Å². The van der Waals surface area contributed by atoms with Gasteiger partial charge in [0.15, 0.2) is 5.65 Å². The van der Waals surface area contributed by atoms with Gasteiger partial charge in [0.05, 0.1) is 29.9 Å². The average Bonchev–Trinajstić information content (AvgIpc) is 3.48. The maximum Gasteiger partial charge on any atom is 0.158 e. The van der Waals surface area contributed by atoms with E-state index in [9.17, 15) is 0 Å². The predicted molar refractivity (Wildman–Crippen MR) is 144 cm³/mol. The van der Waals surface area contributed by atoms with Crippen molar-refractivity contribution >= 4 is 16.7 Å².